The second-order valence-electron chi connectivity index (χ2n) is 4.54. The van der Waals surface area contributed by atoms with Gasteiger partial charge in [0, 0.05) is 34.5 Å². The van der Waals surface area contributed by atoms with E-state index in [0.29, 0.717) is 0 Å². The number of carbonyl (C=O) groups is 1. The maximum atomic E-state index is 11.8. The van der Waals surface area contributed by atoms with Gasteiger partial charge in [-0.3, -0.25) is 0 Å². The van der Waals surface area contributed by atoms with Crippen LogP contribution < -0.4 is 0 Å². The van der Waals surface area contributed by atoms with Crippen LogP contribution in [0.5, 0.6) is 0 Å². The number of esters is 1. The second kappa shape index (κ2) is 9.11. The highest BCUT2D eigenvalue weighted by atomic mass is 16.7. The highest BCUT2D eigenvalue weighted by Gasteiger charge is 2.49. The molecule has 1 saturated heterocycles. The molecule has 0 saturated carbocycles. The van der Waals surface area contributed by atoms with Crippen molar-refractivity contribution in [2.45, 2.75) is 37.6 Å². The summed E-state index contributed by atoms with van der Waals surface area (Å²) in [6, 6.07) is 0. The summed E-state index contributed by atoms with van der Waals surface area (Å²) in [5, 5.41) is 0. The van der Waals surface area contributed by atoms with Gasteiger partial charge in [0.1, 0.15) is 18.3 Å². The Kier molecular flexibility index (Phi) is 7.84. The van der Waals surface area contributed by atoms with E-state index in [1.807, 2.05) is 0 Å². The third kappa shape index (κ3) is 4.49. The maximum Gasteiger partial charge on any atom is 0.330 e. The van der Waals surface area contributed by atoms with Crippen molar-refractivity contribution in [3.05, 3.63) is 12.2 Å². The normalized spacial score (nSPS) is 33.3. The largest absolute Gasteiger partial charge is 0.453 e. The molecule has 7 nitrogen and oxygen atoms in total. The topological polar surface area (TPSA) is 72.5 Å². The fourth-order valence-electron chi connectivity index (χ4n) is 2.34. The van der Waals surface area contributed by atoms with E-state index < -0.39 is 36.7 Å². The molecule has 0 spiro atoms. The summed E-state index contributed by atoms with van der Waals surface area (Å²) in [6.45, 7) is 2.02. The van der Waals surface area contributed by atoms with Gasteiger partial charge in [-0.05, 0) is 6.92 Å². The fourth-order valence-corrected chi connectivity index (χ4v) is 2.34. The zero-order valence-corrected chi connectivity index (χ0v) is 13.1. The molecule has 1 aliphatic heterocycles. The minimum absolute atomic E-state index is 0.284. The molecule has 1 aliphatic rings. The Bertz CT molecular complexity index is 344. The second-order valence-corrected chi connectivity index (χ2v) is 4.54. The van der Waals surface area contributed by atoms with E-state index in [1.54, 1.807) is 20.1 Å². The quantitative estimate of drug-likeness (QED) is 0.501. The third-order valence-electron chi connectivity index (χ3n) is 3.25. The van der Waals surface area contributed by atoms with Crippen molar-refractivity contribution in [3.63, 3.8) is 0 Å². The third-order valence-corrected chi connectivity index (χ3v) is 3.25. The average Bonchev–Trinajstić information content (AvgIpc) is 2.47. The molecule has 0 bridgehead atoms. The minimum atomic E-state index is -0.676. The number of hydrogen-bond acceptors (Lipinski definition) is 7. The zero-order valence-electron chi connectivity index (χ0n) is 13.1. The van der Waals surface area contributed by atoms with Gasteiger partial charge in [0.05, 0.1) is 6.61 Å². The van der Waals surface area contributed by atoms with Crippen LogP contribution in [0.25, 0.3) is 0 Å². The van der Waals surface area contributed by atoms with Crippen molar-refractivity contribution in [1.29, 1.82) is 0 Å². The summed E-state index contributed by atoms with van der Waals surface area (Å²) in [6.07, 6.45) is 0.0540. The standard InChI is InChI=1S/C14H24O7/c1-6-7-10(15)21-12-11(17-3)9(8-16-2)20-14(19-5)13(12)18-4/h6-7,9,11-14H,8H2,1-5H3/b7-6+/t9-,11-,12+,13+,14+/m1/s1. The minimum Gasteiger partial charge on any atom is -0.453 e. The van der Waals surface area contributed by atoms with Gasteiger partial charge >= 0.3 is 5.97 Å². The van der Waals surface area contributed by atoms with Gasteiger partial charge in [-0.2, -0.15) is 0 Å². The molecule has 122 valence electrons. The molecule has 21 heavy (non-hydrogen) atoms. The number of methoxy groups -OCH3 is 4. The van der Waals surface area contributed by atoms with Gasteiger partial charge in [0.15, 0.2) is 12.4 Å². The Morgan fingerprint density at radius 1 is 1.05 bits per heavy atom. The molecule has 0 aliphatic carbocycles. The number of allylic oxidation sites excluding steroid dienone is 1. The number of rotatable bonds is 7. The average molecular weight is 304 g/mol. The molecule has 1 heterocycles. The molecule has 7 heteroatoms. The fraction of sp³-hybridized carbons (Fsp3) is 0.786. The molecule has 0 aromatic rings. The van der Waals surface area contributed by atoms with Gasteiger partial charge in [-0.1, -0.05) is 6.08 Å². The lowest BCUT2D eigenvalue weighted by Gasteiger charge is -2.43. The number of carbonyl (C=O) groups excluding carboxylic acids is 1. The van der Waals surface area contributed by atoms with Crippen LogP contribution in [0.4, 0.5) is 0 Å². The molecule has 0 amide bonds. The van der Waals surface area contributed by atoms with E-state index in [-0.39, 0.29) is 6.61 Å². The summed E-state index contributed by atoms with van der Waals surface area (Å²) in [5.74, 6) is -0.473. The molecular weight excluding hydrogens is 280 g/mol. The first kappa shape index (κ1) is 18.1. The van der Waals surface area contributed by atoms with Crippen LogP contribution in [-0.2, 0) is 33.2 Å². The summed E-state index contributed by atoms with van der Waals surface area (Å²) < 4.78 is 32.4. The van der Waals surface area contributed by atoms with Gasteiger partial charge in [-0.25, -0.2) is 4.79 Å². The predicted molar refractivity (Wildman–Crippen MR) is 73.8 cm³/mol. The highest BCUT2D eigenvalue weighted by molar-refractivity contribution is 5.82. The Hall–Kier alpha value is -0.990. The lowest BCUT2D eigenvalue weighted by atomic mass is 9.98. The van der Waals surface area contributed by atoms with E-state index in [1.165, 1.54) is 27.4 Å². The SMILES string of the molecule is C/C=C/C(=O)O[C@@H]1[C@H](OC)[C@@H](OC)O[C@H](COC)[C@H]1OC. The number of ether oxygens (including phenoxy) is 6. The molecule has 0 unspecified atom stereocenters. The van der Waals surface area contributed by atoms with Gasteiger partial charge < -0.3 is 28.4 Å². The Balaban J connectivity index is 2.98. The molecule has 5 atom stereocenters. The predicted octanol–water partition coefficient (Wildman–Crippen LogP) is 0.522. The summed E-state index contributed by atoms with van der Waals surface area (Å²) in [4.78, 5) is 11.8. The van der Waals surface area contributed by atoms with Crippen molar-refractivity contribution in [1.82, 2.24) is 0 Å². The summed E-state index contributed by atoms with van der Waals surface area (Å²) in [5.41, 5.74) is 0. The van der Waals surface area contributed by atoms with E-state index in [9.17, 15) is 4.79 Å². The molecule has 0 aromatic carbocycles. The summed E-state index contributed by atoms with van der Waals surface area (Å²) in [7, 11) is 6.08. The Morgan fingerprint density at radius 2 is 1.71 bits per heavy atom. The first-order chi connectivity index (χ1) is 10.1. The van der Waals surface area contributed by atoms with Gasteiger partial charge in [-0.15, -0.1) is 0 Å². The van der Waals surface area contributed by atoms with Crippen LogP contribution in [0.3, 0.4) is 0 Å². The molecule has 0 aromatic heterocycles. The van der Waals surface area contributed by atoms with Crippen LogP contribution in [-0.4, -0.2) is 71.7 Å². The van der Waals surface area contributed by atoms with Gasteiger partial charge in [0.2, 0.25) is 0 Å². The van der Waals surface area contributed by atoms with Crippen LogP contribution in [0.15, 0.2) is 12.2 Å². The summed E-state index contributed by atoms with van der Waals surface area (Å²) >= 11 is 0. The number of hydrogen-bond donors (Lipinski definition) is 0. The van der Waals surface area contributed by atoms with Crippen molar-refractivity contribution in [2.24, 2.45) is 0 Å². The van der Waals surface area contributed by atoms with E-state index >= 15 is 0 Å². The maximum absolute atomic E-state index is 11.8. The molecule has 1 fully saturated rings. The monoisotopic (exact) mass is 304 g/mol. The zero-order chi connectivity index (χ0) is 15.8. The smallest absolute Gasteiger partial charge is 0.330 e. The molecule has 1 rings (SSSR count). The van der Waals surface area contributed by atoms with Crippen LogP contribution in [0.2, 0.25) is 0 Å². The highest BCUT2D eigenvalue weighted by Crippen LogP contribution is 2.28. The molecule has 0 radical (unpaired) electrons. The van der Waals surface area contributed by atoms with E-state index in [4.69, 9.17) is 28.4 Å². The Morgan fingerprint density at radius 3 is 2.19 bits per heavy atom. The molecule has 0 N–H and O–H groups in total. The van der Waals surface area contributed by atoms with Gasteiger partial charge in [0.25, 0.3) is 0 Å². The Labute approximate surface area is 125 Å². The van der Waals surface area contributed by atoms with Crippen molar-refractivity contribution in [3.8, 4) is 0 Å². The lowest BCUT2D eigenvalue weighted by molar-refractivity contribution is -0.305. The van der Waals surface area contributed by atoms with Crippen LogP contribution in [0.1, 0.15) is 6.92 Å². The van der Waals surface area contributed by atoms with Crippen molar-refractivity contribution in [2.75, 3.05) is 35.0 Å². The lowest BCUT2D eigenvalue weighted by Crippen LogP contribution is -2.61. The van der Waals surface area contributed by atoms with Crippen molar-refractivity contribution >= 4 is 5.97 Å². The van der Waals surface area contributed by atoms with E-state index in [2.05, 4.69) is 0 Å². The first-order valence-electron chi connectivity index (χ1n) is 6.69. The first-order valence-corrected chi connectivity index (χ1v) is 6.69. The van der Waals surface area contributed by atoms with E-state index in [0.717, 1.165) is 0 Å². The van der Waals surface area contributed by atoms with Crippen molar-refractivity contribution < 1.29 is 33.2 Å². The van der Waals surface area contributed by atoms with Crippen LogP contribution >= 0.6 is 0 Å². The van der Waals surface area contributed by atoms with Crippen LogP contribution in [0, 0.1) is 0 Å². The molecular formula is C14H24O7.